The van der Waals surface area contributed by atoms with Crippen molar-refractivity contribution in [1.29, 1.82) is 0 Å². The molecule has 0 unspecified atom stereocenters. The number of carbonyl (C=O) groups excluding carboxylic acids is 2. The second-order valence-corrected chi connectivity index (χ2v) is 8.39. The van der Waals surface area contributed by atoms with Gasteiger partial charge in [0.2, 0.25) is 5.91 Å². The number of imidazole rings is 1. The maximum Gasteiger partial charge on any atom is 0.274 e. The molecule has 2 aliphatic heterocycles. The fourth-order valence-corrected chi connectivity index (χ4v) is 5.16. The first-order chi connectivity index (χ1) is 14.0. The van der Waals surface area contributed by atoms with Gasteiger partial charge in [-0.15, -0.1) is 0 Å². The third-order valence-electron chi connectivity index (χ3n) is 6.56. The van der Waals surface area contributed by atoms with E-state index in [2.05, 4.69) is 16.9 Å². The van der Waals surface area contributed by atoms with Gasteiger partial charge in [-0.3, -0.25) is 9.59 Å². The molecule has 0 radical (unpaired) electrons. The predicted molar refractivity (Wildman–Crippen MR) is 105 cm³/mol. The van der Waals surface area contributed by atoms with Crippen molar-refractivity contribution in [2.45, 2.75) is 57.5 Å². The van der Waals surface area contributed by atoms with Crippen molar-refractivity contribution in [2.24, 2.45) is 7.05 Å². The van der Waals surface area contributed by atoms with Crippen molar-refractivity contribution >= 4 is 11.8 Å². The van der Waals surface area contributed by atoms with Crippen molar-refractivity contribution in [2.75, 3.05) is 13.1 Å². The van der Waals surface area contributed by atoms with E-state index in [9.17, 15) is 9.59 Å². The van der Waals surface area contributed by atoms with Crippen LogP contribution in [0.4, 0.5) is 0 Å². The van der Waals surface area contributed by atoms with Crippen molar-refractivity contribution in [3.05, 3.63) is 41.0 Å². The van der Waals surface area contributed by atoms with E-state index < -0.39 is 0 Å². The molecule has 2 aromatic heterocycles. The van der Waals surface area contributed by atoms with Gasteiger partial charge in [0, 0.05) is 50.6 Å². The molecule has 2 fully saturated rings. The number of carbonyl (C=O) groups is 2. The van der Waals surface area contributed by atoms with Gasteiger partial charge in [-0.2, -0.15) is 0 Å². The van der Waals surface area contributed by atoms with Crippen LogP contribution in [0.25, 0.3) is 0 Å². The fourth-order valence-electron chi connectivity index (χ4n) is 5.16. The number of fused-ring (bicyclic) bond motifs is 2. The van der Waals surface area contributed by atoms with Gasteiger partial charge in [0.05, 0.1) is 18.4 Å². The normalized spacial score (nSPS) is 23.0. The molecule has 2 atom stereocenters. The summed E-state index contributed by atoms with van der Waals surface area (Å²) in [4.78, 5) is 42.9. The average Bonchev–Trinajstić information content (AvgIpc) is 3.44. The van der Waals surface area contributed by atoms with E-state index in [-0.39, 0.29) is 23.9 Å². The molecule has 8 nitrogen and oxygen atoms in total. The van der Waals surface area contributed by atoms with Crippen LogP contribution in [0.15, 0.2) is 12.5 Å². The first-order valence-electron chi connectivity index (χ1n) is 10.4. The summed E-state index contributed by atoms with van der Waals surface area (Å²) in [5, 5.41) is 0. The topological polar surface area (TPSA) is 84.2 Å². The smallest absolute Gasteiger partial charge is 0.274 e. The molecule has 2 saturated heterocycles. The Balaban J connectivity index is 1.28. The molecule has 0 spiro atoms. The lowest BCUT2D eigenvalue weighted by Gasteiger charge is -2.25. The Kier molecular flexibility index (Phi) is 4.37. The minimum atomic E-state index is -0.0784. The minimum absolute atomic E-state index is 0.0559. The van der Waals surface area contributed by atoms with Gasteiger partial charge >= 0.3 is 0 Å². The summed E-state index contributed by atoms with van der Waals surface area (Å²) in [6.45, 7) is 3.34. The van der Waals surface area contributed by atoms with Crippen LogP contribution in [0.3, 0.4) is 0 Å². The number of rotatable bonds is 4. The molecule has 8 heteroatoms. The first kappa shape index (κ1) is 18.3. The van der Waals surface area contributed by atoms with Gasteiger partial charge < -0.3 is 14.4 Å². The summed E-state index contributed by atoms with van der Waals surface area (Å²) in [7, 11) is 1.85. The maximum absolute atomic E-state index is 12.8. The molecule has 5 rings (SSSR count). The van der Waals surface area contributed by atoms with Gasteiger partial charge in [0.15, 0.2) is 0 Å². The van der Waals surface area contributed by atoms with Crippen LogP contribution < -0.4 is 0 Å². The third kappa shape index (κ3) is 3.10. The van der Waals surface area contributed by atoms with E-state index in [1.54, 1.807) is 17.1 Å². The Hall–Kier alpha value is -2.77. The van der Waals surface area contributed by atoms with Gasteiger partial charge in [-0.1, -0.05) is 0 Å². The van der Waals surface area contributed by atoms with Gasteiger partial charge in [0.25, 0.3) is 5.91 Å². The van der Waals surface area contributed by atoms with Crippen LogP contribution in [-0.2, 0) is 31.1 Å². The lowest BCUT2D eigenvalue weighted by molar-refractivity contribution is -0.129. The monoisotopic (exact) mass is 394 g/mol. The highest BCUT2D eigenvalue weighted by molar-refractivity contribution is 5.93. The highest BCUT2D eigenvalue weighted by atomic mass is 16.2. The Morgan fingerprint density at radius 2 is 2.10 bits per heavy atom. The van der Waals surface area contributed by atoms with Crippen molar-refractivity contribution in [3.63, 3.8) is 0 Å². The highest BCUT2D eigenvalue weighted by Crippen LogP contribution is 2.33. The second-order valence-electron chi connectivity index (χ2n) is 8.39. The van der Waals surface area contributed by atoms with Crippen LogP contribution in [0.1, 0.15) is 52.5 Å². The number of hydrogen-bond donors (Lipinski definition) is 0. The number of hydrogen-bond acceptors (Lipinski definition) is 5. The summed E-state index contributed by atoms with van der Waals surface area (Å²) in [6, 6.07) is 0.0327. The van der Waals surface area contributed by atoms with E-state index in [1.807, 2.05) is 16.8 Å². The fraction of sp³-hybridized carbons (Fsp3) is 0.571. The van der Waals surface area contributed by atoms with Crippen LogP contribution in [0, 0.1) is 6.92 Å². The summed E-state index contributed by atoms with van der Waals surface area (Å²) in [5.41, 5.74) is 4.03. The van der Waals surface area contributed by atoms with Gasteiger partial charge in [0.1, 0.15) is 11.5 Å². The summed E-state index contributed by atoms with van der Waals surface area (Å²) in [5.74, 6) is 0.876. The summed E-state index contributed by atoms with van der Waals surface area (Å²) >= 11 is 0. The van der Waals surface area contributed by atoms with Crippen molar-refractivity contribution < 1.29 is 9.59 Å². The van der Waals surface area contributed by atoms with E-state index in [0.717, 1.165) is 37.2 Å². The molecule has 0 aromatic carbocycles. The molecule has 0 bridgehead atoms. The number of nitrogens with zero attached hydrogens (tertiary/aromatic N) is 6. The van der Waals surface area contributed by atoms with Crippen LogP contribution in [-0.4, -0.2) is 66.3 Å². The molecule has 4 heterocycles. The van der Waals surface area contributed by atoms with Gasteiger partial charge in [-0.05, 0) is 38.2 Å². The molecular weight excluding hydrogens is 368 g/mol. The summed E-state index contributed by atoms with van der Waals surface area (Å²) in [6.07, 6.45) is 8.51. The Bertz CT molecular complexity index is 984. The van der Waals surface area contributed by atoms with Gasteiger partial charge in [-0.25, -0.2) is 15.0 Å². The zero-order valence-electron chi connectivity index (χ0n) is 17.0. The summed E-state index contributed by atoms with van der Waals surface area (Å²) < 4.78 is 1.77. The molecule has 2 aromatic rings. The quantitative estimate of drug-likeness (QED) is 0.774. The Morgan fingerprint density at radius 1 is 1.24 bits per heavy atom. The predicted octanol–water partition coefficient (Wildman–Crippen LogP) is 1.07. The zero-order chi connectivity index (χ0) is 20.1. The standard InChI is InChI=1S/C21H26N6O2/c1-13-14-4-3-5-15(14)24-19(23-13)7-9-26-17-6-8-27(18(17)10-20(26)28)21(29)16-11-25(2)12-22-16/h11-12,17-18H,3-10H2,1-2H3/t17-,18-/m0/s1. The van der Waals surface area contributed by atoms with Crippen LogP contribution in [0.2, 0.25) is 0 Å². The molecule has 1 aliphatic carbocycles. The SMILES string of the molecule is Cc1nc(CCN2C(=O)C[C@H]3[C@@H]2CCN3C(=O)c2cn(C)cn2)nc2c1CCC2. The largest absolute Gasteiger partial charge is 0.340 e. The maximum atomic E-state index is 12.8. The molecule has 0 saturated carbocycles. The number of aryl methyl sites for hydroxylation is 3. The lowest BCUT2D eigenvalue weighted by atomic mass is 10.1. The van der Waals surface area contributed by atoms with E-state index in [0.29, 0.717) is 31.6 Å². The first-order valence-corrected chi connectivity index (χ1v) is 10.4. The second kappa shape index (κ2) is 6.93. The average molecular weight is 394 g/mol. The van der Waals surface area contributed by atoms with E-state index in [1.165, 1.54) is 11.3 Å². The number of likely N-dealkylation sites (tertiary alicyclic amines) is 2. The van der Waals surface area contributed by atoms with E-state index >= 15 is 0 Å². The molecule has 152 valence electrons. The Labute approximate surface area is 170 Å². The minimum Gasteiger partial charge on any atom is -0.340 e. The van der Waals surface area contributed by atoms with Crippen molar-refractivity contribution in [3.8, 4) is 0 Å². The molecular formula is C21H26N6O2. The van der Waals surface area contributed by atoms with E-state index in [4.69, 9.17) is 4.98 Å². The molecule has 2 amide bonds. The molecule has 0 N–H and O–H groups in total. The van der Waals surface area contributed by atoms with Crippen molar-refractivity contribution in [1.82, 2.24) is 29.3 Å². The molecule has 29 heavy (non-hydrogen) atoms. The number of aromatic nitrogens is 4. The molecule has 3 aliphatic rings. The third-order valence-corrected chi connectivity index (χ3v) is 6.56. The number of amides is 2. The van der Waals surface area contributed by atoms with Crippen LogP contribution >= 0.6 is 0 Å². The Morgan fingerprint density at radius 3 is 2.90 bits per heavy atom. The lowest BCUT2D eigenvalue weighted by Crippen LogP contribution is -2.40. The zero-order valence-corrected chi connectivity index (χ0v) is 17.0. The highest BCUT2D eigenvalue weighted by Gasteiger charge is 2.48. The van der Waals surface area contributed by atoms with Crippen LogP contribution in [0.5, 0.6) is 0 Å².